The molecule has 1 aromatic carbocycles. The SMILES string of the molecule is NC(=S)c1cccc(CS(=O)(=O)NC2CCCC2)c1. The maximum absolute atomic E-state index is 12.1. The zero-order chi connectivity index (χ0) is 13.9. The quantitative estimate of drug-likeness (QED) is 0.811. The number of thiocarbonyl (C=S) groups is 1. The minimum absolute atomic E-state index is 0.0278. The van der Waals surface area contributed by atoms with E-state index in [1.165, 1.54) is 0 Å². The van der Waals surface area contributed by atoms with Crippen molar-refractivity contribution in [3.05, 3.63) is 35.4 Å². The van der Waals surface area contributed by atoms with Crippen LogP contribution in [0.4, 0.5) is 0 Å². The van der Waals surface area contributed by atoms with Gasteiger partial charge >= 0.3 is 0 Å². The van der Waals surface area contributed by atoms with Gasteiger partial charge in [-0.25, -0.2) is 13.1 Å². The Morgan fingerprint density at radius 1 is 1.37 bits per heavy atom. The summed E-state index contributed by atoms with van der Waals surface area (Å²) in [6.07, 6.45) is 4.08. The standard InChI is InChI=1S/C13H18N2O2S2/c14-13(18)11-5-3-4-10(8-11)9-19(16,17)15-12-6-1-2-7-12/h3-5,8,12,15H,1-2,6-7,9H2,(H2,14,18). The summed E-state index contributed by atoms with van der Waals surface area (Å²) in [5, 5.41) is 0. The van der Waals surface area contributed by atoms with Crippen LogP contribution in [-0.4, -0.2) is 19.4 Å². The normalized spacial score (nSPS) is 16.6. The maximum Gasteiger partial charge on any atom is 0.216 e. The smallest absolute Gasteiger partial charge is 0.216 e. The lowest BCUT2D eigenvalue weighted by atomic mass is 10.1. The number of nitrogens with two attached hydrogens (primary N) is 1. The fourth-order valence-electron chi connectivity index (χ4n) is 2.37. The Morgan fingerprint density at radius 3 is 2.68 bits per heavy atom. The number of benzene rings is 1. The topological polar surface area (TPSA) is 72.2 Å². The lowest BCUT2D eigenvalue weighted by Crippen LogP contribution is -2.33. The predicted octanol–water partition coefficient (Wildman–Crippen LogP) is 1.68. The van der Waals surface area contributed by atoms with Gasteiger partial charge in [-0.1, -0.05) is 43.3 Å². The Kier molecular flexibility index (Phi) is 4.54. The minimum Gasteiger partial charge on any atom is -0.389 e. The van der Waals surface area contributed by atoms with Crippen LogP contribution in [0.3, 0.4) is 0 Å². The summed E-state index contributed by atoms with van der Waals surface area (Å²) in [7, 11) is -3.29. The third-order valence-electron chi connectivity index (χ3n) is 3.27. The van der Waals surface area contributed by atoms with E-state index >= 15 is 0 Å². The van der Waals surface area contributed by atoms with E-state index in [0.717, 1.165) is 25.7 Å². The molecule has 0 radical (unpaired) electrons. The average molecular weight is 298 g/mol. The van der Waals surface area contributed by atoms with Crippen molar-refractivity contribution in [3.63, 3.8) is 0 Å². The van der Waals surface area contributed by atoms with Crippen molar-refractivity contribution in [3.8, 4) is 0 Å². The molecule has 0 bridgehead atoms. The Hall–Kier alpha value is -0.980. The molecular formula is C13H18N2O2S2. The summed E-state index contributed by atoms with van der Waals surface area (Å²) in [5.41, 5.74) is 6.95. The third kappa shape index (κ3) is 4.26. The van der Waals surface area contributed by atoms with Crippen LogP contribution in [0.1, 0.15) is 36.8 Å². The second kappa shape index (κ2) is 5.98. The van der Waals surface area contributed by atoms with Crippen molar-refractivity contribution in [2.75, 3.05) is 0 Å². The summed E-state index contributed by atoms with van der Waals surface area (Å²) >= 11 is 4.89. The monoisotopic (exact) mass is 298 g/mol. The van der Waals surface area contributed by atoms with Crippen LogP contribution in [0.2, 0.25) is 0 Å². The van der Waals surface area contributed by atoms with Gasteiger partial charge in [-0.3, -0.25) is 0 Å². The van der Waals surface area contributed by atoms with Crippen LogP contribution in [-0.2, 0) is 15.8 Å². The molecule has 6 heteroatoms. The first-order valence-electron chi connectivity index (χ1n) is 6.35. The zero-order valence-electron chi connectivity index (χ0n) is 10.6. The number of hydrogen-bond acceptors (Lipinski definition) is 3. The van der Waals surface area contributed by atoms with Crippen LogP contribution < -0.4 is 10.5 Å². The molecule has 1 fully saturated rings. The molecule has 3 N–H and O–H groups in total. The molecule has 2 rings (SSSR count). The Bertz CT molecular complexity index is 564. The highest BCUT2D eigenvalue weighted by atomic mass is 32.2. The number of hydrogen-bond donors (Lipinski definition) is 2. The first-order valence-corrected chi connectivity index (χ1v) is 8.41. The lowest BCUT2D eigenvalue weighted by Gasteiger charge is -2.12. The Balaban J connectivity index is 2.06. The predicted molar refractivity (Wildman–Crippen MR) is 80.3 cm³/mol. The Morgan fingerprint density at radius 2 is 2.05 bits per heavy atom. The van der Waals surface area contributed by atoms with Crippen LogP contribution in [0.25, 0.3) is 0 Å². The van der Waals surface area contributed by atoms with E-state index < -0.39 is 10.0 Å². The molecule has 0 aromatic heterocycles. The van der Waals surface area contributed by atoms with Gasteiger partial charge in [0.15, 0.2) is 0 Å². The maximum atomic E-state index is 12.1. The molecule has 104 valence electrons. The van der Waals surface area contributed by atoms with Gasteiger partial charge in [0.25, 0.3) is 0 Å². The fourth-order valence-corrected chi connectivity index (χ4v) is 3.95. The van der Waals surface area contributed by atoms with Gasteiger partial charge in [0.1, 0.15) is 4.99 Å². The average Bonchev–Trinajstić information content (AvgIpc) is 2.80. The molecule has 0 atom stereocenters. The second-order valence-corrected chi connectivity index (χ2v) is 7.12. The molecule has 1 aliphatic rings. The third-order valence-corrected chi connectivity index (χ3v) is 4.91. The largest absolute Gasteiger partial charge is 0.389 e. The van der Waals surface area contributed by atoms with Crippen molar-refractivity contribution in [1.82, 2.24) is 4.72 Å². The molecule has 0 spiro atoms. The fraction of sp³-hybridized carbons (Fsp3) is 0.462. The van der Waals surface area contributed by atoms with Crippen LogP contribution in [0.5, 0.6) is 0 Å². The second-order valence-electron chi connectivity index (χ2n) is 4.92. The zero-order valence-corrected chi connectivity index (χ0v) is 12.3. The molecule has 0 unspecified atom stereocenters. The van der Waals surface area contributed by atoms with Gasteiger partial charge in [0.05, 0.1) is 5.75 Å². The molecule has 0 heterocycles. The summed E-state index contributed by atoms with van der Waals surface area (Å²) in [4.78, 5) is 0.281. The summed E-state index contributed by atoms with van der Waals surface area (Å²) in [6.45, 7) is 0. The van der Waals surface area contributed by atoms with Crippen molar-refractivity contribution in [2.45, 2.75) is 37.5 Å². The molecule has 0 saturated heterocycles. The molecule has 1 aliphatic carbocycles. The van der Waals surface area contributed by atoms with Gasteiger partial charge in [0, 0.05) is 11.6 Å². The molecule has 19 heavy (non-hydrogen) atoms. The highest BCUT2D eigenvalue weighted by Gasteiger charge is 2.21. The van der Waals surface area contributed by atoms with Crippen LogP contribution in [0.15, 0.2) is 24.3 Å². The van der Waals surface area contributed by atoms with E-state index in [1.807, 2.05) is 0 Å². The Labute approximate surface area is 119 Å². The van der Waals surface area contributed by atoms with E-state index in [0.29, 0.717) is 11.1 Å². The molecule has 4 nitrogen and oxygen atoms in total. The van der Waals surface area contributed by atoms with Crippen LogP contribution >= 0.6 is 12.2 Å². The first-order chi connectivity index (χ1) is 8.96. The highest BCUT2D eigenvalue weighted by Crippen LogP contribution is 2.19. The number of sulfonamides is 1. The van der Waals surface area contributed by atoms with Crippen molar-refractivity contribution in [2.24, 2.45) is 5.73 Å². The summed E-state index contributed by atoms with van der Waals surface area (Å²) < 4.78 is 26.9. The minimum atomic E-state index is -3.29. The van der Waals surface area contributed by atoms with Gasteiger partial charge in [-0.15, -0.1) is 0 Å². The summed E-state index contributed by atoms with van der Waals surface area (Å²) in [5.74, 6) is -0.0278. The van der Waals surface area contributed by atoms with E-state index in [9.17, 15) is 8.42 Å². The molecule has 0 aliphatic heterocycles. The molecule has 1 saturated carbocycles. The van der Waals surface area contributed by atoms with Crippen molar-refractivity contribution in [1.29, 1.82) is 0 Å². The van der Waals surface area contributed by atoms with E-state index in [2.05, 4.69) is 4.72 Å². The van der Waals surface area contributed by atoms with E-state index in [-0.39, 0.29) is 16.8 Å². The van der Waals surface area contributed by atoms with E-state index in [4.69, 9.17) is 18.0 Å². The summed E-state index contributed by atoms with van der Waals surface area (Å²) in [6, 6.07) is 7.16. The molecule has 0 amide bonds. The van der Waals surface area contributed by atoms with Crippen molar-refractivity contribution >= 4 is 27.2 Å². The van der Waals surface area contributed by atoms with Gasteiger partial charge in [-0.2, -0.15) is 0 Å². The van der Waals surface area contributed by atoms with E-state index in [1.54, 1.807) is 24.3 Å². The van der Waals surface area contributed by atoms with Crippen LogP contribution in [0, 0.1) is 0 Å². The van der Waals surface area contributed by atoms with Gasteiger partial charge in [-0.05, 0) is 24.5 Å². The van der Waals surface area contributed by atoms with Gasteiger partial charge < -0.3 is 5.73 Å². The van der Waals surface area contributed by atoms with Gasteiger partial charge in [0.2, 0.25) is 10.0 Å². The number of rotatable bonds is 5. The number of nitrogens with one attached hydrogen (secondary N) is 1. The van der Waals surface area contributed by atoms with Crippen molar-refractivity contribution < 1.29 is 8.42 Å². The molecule has 1 aromatic rings. The highest BCUT2D eigenvalue weighted by molar-refractivity contribution is 7.88. The molecular weight excluding hydrogens is 280 g/mol. The lowest BCUT2D eigenvalue weighted by molar-refractivity contribution is 0.551. The first kappa shape index (κ1) is 14.4.